The fourth-order valence-electron chi connectivity index (χ4n) is 1.65. The topological polar surface area (TPSA) is 83.8 Å². The van der Waals surface area contributed by atoms with Crippen LogP contribution in [0.25, 0.3) is 0 Å². The molecule has 1 aliphatic rings. The van der Waals surface area contributed by atoms with E-state index in [9.17, 15) is 4.79 Å². The van der Waals surface area contributed by atoms with Crippen LogP contribution in [0, 0.1) is 12.8 Å². The number of thiocarbonyl (C=S) groups is 1. The van der Waals surface area contributed by atoms with Gasteiger partial charge >= 0.3 is 0 Å². The van der Waals surface area contributed by atoms with Gasteiger partial charge in [0.15, 0.2) is 0 Å². The van der Waals surface area contributed by atoms with Crippen LogP contribution in [0.5, 0.6) is 0 Å². The highest BCUT2D eigenvalue weighted by Gasteiger charge is 2.34. The lowest BCUT2D eigenvalue weighted by atomic mass is 10.1. The van der Waals surface area contributed by atoms with Gasteiger partial charge in [0.05, 0.1) is 22.8 Å². The molecule has 5 nitrogen and oxygen atoms in total. The number of aryl methyl sites for hydroxylation is 1. The molecule has 16 heavy (non-hydrogen) atoms. The predicted octanol–water partition coefficient (Wildman–Crippen LogP) is 0.513. The van der Waals surface area contributed by atoms with Crippen molar-refractivity contribution in [3.63, 3.8) is 0 Å². The molecule has 1 aromatic rings. The summed E-state index contributed by atoms with van der Waals surface area (Å²) in [5, 5.41) is 9.38. The maximum absolute atomic E-state index is 11.9. The van der Waals surface area contributed by atoms with Crippen molar-refractivity contribution in [2.45, 2.75) is 25.8 Å². The molecule has 0 bridgehead atoms. The molecule has 4 N–H and O–H groups in total. The molecule has 0 aromatic carbocycles. The van der Waals surface area contributed by atoms with Gasteiger partial charge in [-0.05, 0) is 25.7 Å². The molecule has 1 atom stereocenters. The van der Waals surface area contributed by atoms with Crippen molar-refractivity contribution in [3.05, 3.63) is 17.5 Å². The lowest BCUT2D eigenvalue weighted by Crippen LogP contribution is -2.45. The van der Waals surface area contributed by atoms with Gasteiger partial charge in [-0.1, -0.05) is 12.2 Å². The molecule has 0 aliphatic heterocycles. The molecule has 2 rings (SSSR count). The van der Waals surface area contributed by atoms with Crippen molar-refractivity contribution in [1.82, 2.24) is 15.5 Å². The van der Waals surface area contributed by atoms with Gasteiger partial charge in [-0.25, -0.2) is 0 Å². The van der Waals surface area contributed by atoms with Crippen LogP contribution < -0.4 is 11.1 Å². The van der Waals surface area contributed by atoms with Crippen LogP contribution >= 0.6 is 12.2 Å². The van der Waals surface area contributed by atoms with Gasteiger partial charge in [0.2, 0.25) is 0 Å². The third-order valence-electron chi connectivity index (χ3n) is 2.76. The summed E-state index contributed by atoms with van der Waals surface area (Å²) in [7, 11) is 0. The maximum Gasteiger partial charge on any atom is 0.255 e. The van der Waals surface area contributed by atoms with Crippen molar-refractivity contribution in [3.8, 4) is 0 Å². The highest BCUT2D eigenvalue weighted by Crippen LogP contribution is 2.32. The molecule has 86 valence electrons. The first-order valence-corrected chi connectivity index (χ1v) is 5.60. The number of hydrogen-bond acceptors (Lipinski definition) is 3. The Bertz CT molecular complexity index is 424. The number of hydrogen-bond donors (Lipinski definition) is 3. The van der Waals surface area contributed by atoms with E-state index in [0.717, 1.165) is 18.5 Å². The van der Waals surface area contributed by atoms with Gasteiger partial charge < -0.3 is 11.1 Å². The second kappa shape index (κ2) is 4.21. The molecule has 6 heteroatoms. The SMILES string of the molecule is Cc1[nH]ncc1C(=O)NC(C(N)=S)C1CC1. The lowest BCUT2D eigenvalue weighted by Gasteiger charge is -2.16. The van der Waals surface area contributed by atoms with E-state index in [1.807, 2.05) is 0 Å². The van der Waals surface area contributed by atoms with Crippen LogP contribution in [0.2, 0.25) is 0 Å². The Morgan fingerprint density at radius 1 is 1.75 bits per heavy atom. The van der Waals surface area contributed by atoms with E-state index in [0.29, 0.717) is 16.5 Å². The third kappa shape index (κ3) is 2.21. The number of carbonyl (C=O) groups excluding carboxylic acids is 1. The molecule has 1 aliphatic carbocycles. The van der Waals surface area contributed by atoms with Gasteiger partial charge in [0.25, 0.3) is 5.91 Å². The van der Waals surface area contributed by atoms with Crippen molar-refractivity contribution < 1.29 is 4.79 Å². The maximum atomic E-state index is 11.9. The molecule has 0 radical (unpaired) electrons. The minimum Gasteiger partial charge on any atom is -0.392 e. The summed E-state index contributed by atoms with van der Waals surface area (Å²) < 4.78 is 0. The molecular weight excluding hydrogens is 224 g/mol. The van der Waals surface area contributed by atoms with E-state index >= 15 is 0 Å². The molecule has 0 spiro atoms. The fraction of sp³-hybridized carbons (Fsp3) is 0.500. The number of aromatic nitrogens is 2. The summed E-state index contributed by atoms with van der Waals surface area (Å²) in [6.07, 6.45) is 3.66. The summed E-state index contributed by atoms with van der Waals surface area (Å²) in [6, 6.07) is -0.184. The summed E-state index contributed by atoms with van der Waals surface area (Å²) in [5.41, 5.74) is 6.90. The second-order valence-electron chi connectivity index (χ2n) is 4.10. The quantitative estimate of drug-likeness (QED) is 0.667. The van der Waals surface area contributed by atoms with Gasteiger partial charge in [-0.2, -0.15) is 5.10 Å². The van der Waals surface area contributed by atoms with Gasteiger partial charge in [0, 0.05) is 5.69 Å². The van der Waals surface area contributed by atoms with Gasteiger partial charge in [-0.3, -0.25) is 9.89 Å². The standard InChI is InChI=1S/C10H14N4OS/c1-5-7(4-12-14-5)10(15)13-8(9(11)16)6-2-3-6/h4,6,8H,2-3H2,1H3,(H2,11,16)(H,12,14)(H,13,15). The zero-order chi connectivity index (χ0) is 11.7. The Morgan fingerprint density at radius 3 is 2.88 bits per heavy atom. The lowest BCUT2D eigenvalue weighted by molar-refractivity contribution is 0.0943. The summed E-state index contributed by atoms with van der Waals surface area (Å²) in [6.45, 7) is 1.80. The Hall–Kier alpha value is -1.43. The molecule has 0 saturated heterocycles. The predicted molar refractivity (Wildman–Crippen MR) is 64.1 cm³/mol. The number of nitrogens with zero attached hydrogens (tertiary/aromatic N) is 1. The molecular formula is C10H14N4OS. The van der Waals surface area contributed by atoms with E-state index in [-0.39, 0.29) is 11.9 Å². The van der Waals surface area contributed by atoms with Crippen LogP contribution in [0.4, 0.5) is 0 Å². The smallest absolute Gasteiger partial charge is 0.255 e. The Morgan fingerprint density at radius 2 is 2.44 bits per heavy atom. The summed E-state index contributed by atoms with van der Waals surface area (Å²) in [5.74, 6) is 0.240. The number of nitrogens with one attached hydrogen (secondary N) is 2. The van der Waals surface area contributed by atoms with Crippen molar-refractivity contribution >= 4 is 23.1 Å². The first kappa shape index (κ1) is 11.1. The average Bonchev–Trinajstić information content (AvgIpc) is 2.96. The second-order valence-corrected chi connectivity index (χ2v) is 4.57. The summed E-state index contributed by atoms with van der Waals surface area (Å²) >= 11 is 4.95. The first-order valence-electron chi connectivity index (χ1n) is 5.19. The zero-order valence-electron chi connectivity index (χ0n) is 8.99. The van der Waals surface area contributed by atoms with Gasteiger partial charge in [-0.15, -0.1) is 0 Å². The van der Waals surface area contributed by atoms with Crippen molar-refractivity contribution in [1.29, 1.82) is 0 Å². The van der Waals surface area contributed by atoms with Crippen LogP contribution in [0.3, 0.4) is 0 Å². The molecule has 1 amide bonds. The third-order valence-corrected chi connectivity index (χ3v) is 3.02. The highest BCUT2D eigenvalue weighted by atomic mass is 32.1. The van der Waals surface area contributed by atoms with Crippen LogP contribution in [0.1, 0.15) is 28.9 Å². The first-order chi connectivity index (χ1) is 7.59. The highest BCUT2D eigenvalue weighted by molar-refractivity contribution is 7.80. The largest absolute Gasteiger partial charge is 0.392 e. The molecule has 1 aromatic heterocycles. The molecule has 1 heterocycles. The van der Waals surface area contributed by atoms with Crippen molar-refractivity contribution in [2.75, 3.05) is 0 Å². The minimum absolute atomic E-state index is 0.170. The van der Waals surface area contributed by atoms with Crippen LogP contribution in [0.15, 0.2) is 6.20 Å². The number of aromatic amines is 1. The average molecular weight is 238 g/mol. The van der Waals surface area contributed by atoms with Gasteiger partial charge in [0.1, 0.15) is 0 Å². The van der Waals surface area contributed by atoms with E-state index in [1.54, 1.807) is 6.92 Å². The van der Waals surface area contributed by atoms with E-state index < -0.39 is 0 Å². The number of amides is 1. The van der Waals surface area contributed by atoms with Crippen LogP contribution in [-0.2, 0) is 0 Å². The zero-order valence-corrected chi connectivity index (χ0v) is 9.80. The fourth-order valence-corrected chi connectivity index (χ4v) is 1.90. The molecule has 1 saturated carbocycles. The van der Waals surface area contributed by atoms with Crippen molar-refractivity contribution in [2.24, 2.45) is 11.7 Å². The number of H-pyrrole nitrogens is 1. The van der Waals surface area contributed by atoms with E-state index in [4.69, 9.17) is 18.0 Å². The van der Waals surface area contributed by atoms with Crippen LogP contribution in [-0.4, -0.2) is 27.1 Å². The number of rotatable bonds is 4. The monoisotopic (exact) mass is 238 g/mol. The number of carbonyl (C=O) groups is 1. The van der Waals surface area contributed by atoms with E-state index in [1.165, 1.54) is 6.20 Å². The minimum atomic E-state index is -0.184. The Labute approximate surface area is 98.8 Å². The molecule has 1 fully saturated rings. The van der Waals surface area contributed by atoms with E-state index in [2.05, 4.69) is 15.5 Å². The summed E-state index contributed by atoms with van der Waals surface area (Å²) in [4.78, 5) is 12.2. The number of nitrogens with two attached hydrogens (primary N) is 1. The Kier molecular flexibility index (Phi) is 2.91. The normalized spacial score (nSPS) is 16.8. The Balaban J connectivity index is 2.06. The molecule has 1 unspecified atom stereocenters.